The van der Waals surface area contributed by atoms with Crippen molar-refractivity contribution in [3.8, 4) is 11.5 Å². The molecule has 2 heterocycles. The number of ether oxygens (including phenoxy) is 2. The summed E-state index contributed by atoms with van der Waals surface area (Å²) in [7, 11) is 0. The quantitative estimate of drug-likeness (QED) is 0.504. The van der Waals surface area contributed by atoms with E-state index in [2.05, 4.69) is 12.2 Å². The highest BCUT2D eigenvalue weighted by Crippen LogP contribution is 2.37. The molecule has 1 aromatic heterocycles. The zero-order chi connectivity index (χ0) is 18.6. The fourth-order valence-electron chi connectivity index (χ4n) is 2.79. The van der Waals surface area contributed by atoms with Crippen molar-refractivity contribution in [2.45, 2.75) is 18.9 Å². The van der Waals surface area contributed by atoms with Crippen molar-refractivity contribution in [3.63, 3.8) is 0 Å². The summed E-state index contributed by atoms with van der Waals surface area (Å²) in [4.78, 5) is 4.69. The van der Waals surface area contributed by atoms with Crippen LogP contribution in [0.3, 0.4) is 0 Å². The smallest absolute Gasteiger partial charge is 0.199 e. The van der Waals surface area contributed by atoms with Crippen molar-refractivity contribution < 1.29 is 9.47 Å². The number of aromatic nitrogens is 1. The number of thiazole rings is 1. The third kappa shape index (κ3) is 3.94. The second-order valence-electron chi connectivity index (χ2n) is 6.08. The van der Waals surface area contributed by atoms with E-state index in [1.165, 1.54) is 11.3 Å². The lowest BCUT2D eigenvalue weighted by atomic mass is 10.1. The van der Waals surface area contributed by atoms with Gasteiger partial charge in [0.2, 0.25) is 0 Å². The zero-order valence-corrected chi connectivity index (χ0v) is 16.4. The van der Waals surface area contributed by atoms with E-state index in [1.54, 1.807) is 0 Å². The van der Waals surface area contributed by atoms with E-state index in [9.17, 15) is 0 Å². The molecule has 0 radical (unpaired) electrons. The Morgan fingerprint density at radius 1 is 1.19 bits per heavy atom. The number of nitrogens with zero attached hydrogens (tertiary/aromatic N) is 1. The lowest BCUT2D eigenvalue weighted by Crippen LogP contribution is -2.15. The number of hydrogen-bond donors (Lipinski definition) is 1. The second-order valence-corrected chi connectivity index (χ2v) is 7.33. The van der Waals surface area contributed by atoms with Gasteiger partial charge in [-0.3, -0.25) is 0 Å². The van der Waals surface area contributed by atoms with Gasteiger partial charge < -0.3 is 14.8 Å². The highest BCUT2D eigenvalue weighted by atomic mass is 35.5. The highest BCUT2D eigenvalue weighted by molar-refractivity contribution is 7.13. The Bertz CT molecular complexity index is 970. The standard InChI is InChI=1S/C21H19ClN2O2S/c1-2-11-25-19-10-6-4-8-16(19)23-21-24-17(13-27-21)15-12-14-7-3-5-9-18(14)26-20(15)22/h3-10,12-13,20H,2,11H2,1H3,(H,23,24). The van der Waals surface area contributed by atoms with Gasteiger partial charge in [0.1, 0.15) is 11.5 Å². The first-order chi connectivity index (χ1) is 13.2. The van der Waals surface area contributed by atoms with Crippen molar-refractivity contribution in [1.82, 2.24) is 4.98 Å². The summed E-state index contributed by atoms with van der Waals surface area (Å²) in [6, 6.07) is 15.7. The minimum absolute atomic E-state index is 0.560. The van der Waals surface area contributed by atoms with Crippen LogP contribution in [0.4, 0.5) is 10.8 Å². The first-order valence-electron chi connectivity index (χ1n) is 8.80. The Kier molecular flexibility index (Phi) is 5.32. The van der Waals surface area contributed by atoms with E-state index in [0.717, 1.165) is 45.6 Å². The van der Waals surface area contributed by atoms with E-state index >= 15 is 0 Å². The molecule has 1 aliphatic rings. The molecule has 138 valence electrons. The van der Waals surface area contributed by atoms with Crippen molar-refractivity contribution in [1.29, 1.82) is 0 Å². The van der Waals surface area contributed by atoms with Crippen LogP contribution in [0.2, 0.25) is 0 Å². The predicted octanol–water partition coefficient (Wildman–Crippen LogP) is 6.17. The molecule has 0 aliphatic carbocycles. The summed E-state index contributed by atoms with van der Waals surface area (Å²) >= 11 is 7.95. The molecule has 1 aliphatic heterocycles. The molecule has 3 aromatic rings. The Balaban J connectivity index is 1.57. The molecular formula is C21H19ClN2O2S. The van der Waals surface area contributed by atoms with Crippen LogP contribution in [-0.4, -0.2) is 17.2 Å². The summed E-state index contributed by atoms with van der Waals surface area (Å²) in [5.41, 5.74) is 3.01. The first kappa shape index (κ1) is 17.9. The van der Waals surface area contributed by atoms with Crippen LogP contribution in [0.25, 0.3) is 11.6 Å². The SMILES string of the molecule is CCCOc1ccccc1Nc1nc(C2=Cc3ccccc3OC2Cl)cs1. The molecule has 27 heavy (non-hydrogen) atoms. The number of hydrogen-bond acceptors (Lipinski definition) is 5. The summed E-state index contributed by atoms with van der Waals surface area (Å²) in [6.45, 7) is 2.77. The molecule has 0 spiro atoms. The Hall–Kier alpha value is -2.50. The largest absolute Gasteiger partial charge is 0.491 e. The lowest BCUT2D eigenvalue weighted by molar-refractivity contribution is 0.319. The van der Waals surface area contributed by atoms with Gasteiger partial charge in [-0.1, -0.05) is 48.9 Å². The number of benzene rings is 2. The van der Waals surface area contributed by atoms with Crippen LogP contribution in [0, 0.1) is 0 Å². The number of fused-ring (bicyclic) bond motifs is 1. The van der Waals surface area contributed by atoms with Crippen molar-refractivity contribution in [2.24, 2.45) is 0 Å². The summed E-state index contributed by atoms with van der Waals surface area (Å²) in [5, 5.41) is 6.11. The zero-order valence-electron chi connectivity index (χ0n) is 14.8. The number of anilines is 2. The fourth-order valence-corrected chi connectivity index (χ4v) is 3.79. The van der Waals surface area contributed by atoms with Crippen LogP contribution in [-0.2, 0) is 0 Å². The molecule has 0 fully saturated rings. The van der Waals surface area contributed by atoms with Gasteiger partial charge in [0.05, 0.1) is 18.0 Å². The van der Waals surface area contributed by atoms with E-state index in [1.807, 2.05) is 60.0 Å². The third-order valence-electron chi connectivity index (χ3n) is 4.10. The van der Waals surface area contributed by atoms with Gasteiger partial charge >= 0.3 is 0 Å². The van der Waals surface area contributed by atoms with Gasteiger partial charge in [-0.25, -0.2) is 4.98 Å². The monoisotopic (exact) mass is 398 g/mol. The molecule has 1 atom stereocenters. The third-order valence-corrected chi connectivity index (χ3v) is 5.18. The highest BCUT2D eigenvalue weighted by Gasteiger charge is 2.23. The summed E-state index contributed by atoms with van der Waals surface area (Å²) in [6.07, 6.45) is 3.00. The van der Waals surface area contributed by atoms with E-state index in [0.29, 0.717) is 6.61 Å². The molecule has 2 aromatic carbocycles. The minimum atomic E-state index is -0.560. The van der Waals surface area contributed by atoms with Crippen molar-refractivity contribution in [3.05, 3.63) is 65.2 Å². The predicted molar refractivity (Wildman–Crippen MR) is 112 cm³/mol. The number of alkyl halides is 1. The minimum Gasteiger partial charge on any atom is -0.491 e. The topological polar surface area (TPSA) is 43.4 Å². The first-order valence-corrected chi connectivity index (χ1v) is 10.1. The van der Waals surface area contributed by atoms with Gasteiger partial charge in [0.25, 0.3) is 0 Å². The Morgan fingerprint density at radius 2 is 2.00 bits per heavy atom. The average Bonchev–Trinajstić information content (AvgIpc) is 3.15. The maximum atomic E-state index is 6.43. The van der Waals surface area contributed by atoms with Crippen LogP contribution < -0.4 is 14.8 Å². The number of nitrogens with one attached hydrogen (secondary N) is 1. The lowest BCUT2D eigenvalue weighted by Gasteiger charge is -2.21. The normalized spacial score (nSPS) is 15.5. The van der Waals surface area contributed by atoms with Gasteiger partial charge in [0, 0.05) is 16.5 Å². The Morgan fingerprint density at radius 3 is 2.89 bits per heavy atom. The van der Waals surface area contributed by atoms with Gasteiger partial charge in [-0.05, 0) is 30.7 Å². The average molecular weight is 399 g/mol. The number of para-hydroxylation sites is 3. The molecule has 0 amide bonds. The summed E-state index contributed by atoms with van der Waals surface area (Å²) in [5.74, 6) is 1.61. The van der Waals surface area contributed by atoms with E-state index in [-0.39, 0.29) is 0 Å². The molecule has 4 rings (SSSR count). The molecule has 0 saturated heterocycles. The molecule has 1 N–H and O–H groups in total. The number of halogens is 1. The summed E-state index contributed by atoms with van der Waals surface area (Å²) < 4.78 is 11.6. The second kappa shape index (κ2) is 8.03. The fraction of sp³-hybridized carbons (Fsp3) is 0.190. The Labute approximate surface area is 167 Å². The maximum absolute atomic E-state index is 6.43. The molecule has 1 unspecified atom stereocenters. The van der Waals surface area contributed by atoms with E-state index in [4.69, 9.17) is 26.1 Å². The van der Waals surface area contributed by atoms with Crippen LogP contribution >= 0.6 is 22.9 Å². The molecule has 0 bridgehead atoms. The maximum Gasteiger partial charge on any atom is 0.199 e. The van der Waals surface area contributed by atoms with Gasteiger partial charge in [-0.2, -0.15) is 0 Å². The van der Waals surface area contributed by atoms with E-state index < -0.39 is 5.56 Å². The molecule has 6 heteroatoms. The van der Waals surface area contributed by atoms with Crippen molar-refractivity contribution >= 4 is 45.4 Å². The molecule has 0 saturated carbocycles. The molecule has 4 nitrogen and oxygen atoms in total. The molecular weight excluding hydrogens is 380 g/mol. The van der Waals surface area contributed by atoms with Gasteiger partial charge in [0.15, 0.2) is 10.7 Å². The van der Waals surface area contributed by atoms with Crippen LogP contribution in [0.5, 0.6) is 11.5 Å². The van der Waals surface area contributed by atoms with Crippen molar-refractivity contribution in [2.75, 3.05) is 11.9 Å². The van der Waals surface area contributed by atoms with Crippen LogP contribution in [0.1, 0.15) is 24.6 Å². The van der Waals surface area contributed by atoms with Crippen LogP contribution in [0.15, 0.2) is 53.9 Å². The number of rotatable bonds is 6. The van der Waals surface area contributed by atoms with Gasteiger partial charge in [-0.15, -0.1) is 11.3 Å².